The molecule has 0 aliphatic rings. The van der Waals surface area contributed by atoms with E-state index in [1.807, 2.05) is 18.2 Å². The third-order valence-electron chi connectivity index (χ3n) is 3.38. The van der Waals surface area contributed by atoms with Crippen molar-refractivity contribution < 1.29 is 14.3 Å². The van der Waals surface area contributed by atoms with Gasteiger partial charge >= 0.3 is 5.63 Å². The lowest BCUT2D eigenvalue weighted by Crippen LogP contribution is -2.06. The molecule has 3 rings (SSSR count). The molecule has 1 amide bonds. The van der Waals surface area contributed by atoms with Gasteiger partial charge in [-0.1, -0.05) is 0 Å². The van der Waals surface area contributed by atoms with Gasteiger partial charge in [0.15, 0.2) is 0 Å². The SMILES string of the molecule is CC(=O)Nc1ccc2c(CSc3ccc(O)cc3)cc(=O)oc2c1. The maximum atomic E-state index is 11.8. The van der Waals surface area contributed by atoms with Gasteiger partial charge in [-0.05, 0) is 42.0 Å². The number of hydrogen-bond donors (Lipinski definition) is 2. The normalized spacial score (nSPS) is 10.7. The second-order valence-corrected chi connectivity index (χ2v) is 6.31. The highest BCUT2D eigenvalue weighted by atomic mass is 32.2. The Morgan fingerprint density at radius 3 is 2.62 bits per heavy atom. The largest absolute Gasteiger partial charge is 0.508 e. The molecule has 0 aliphatic heterocycles. The van der Waals surface area contributed by atoms with Crippen LogP contribution in [0.1, 0.15) is 12.5 Å². The number of aromatic hydroxyl groups is 1. The number of phenolic OH excluding ortho intramolecular Hbond substituents is 1. The molecule has 1 heterocycles. The number of carbonyl (C=O) groups excluding carboxylic acids is 1. The van der Waals surface area contributed by atoms with Crippen LogP contribution in [0, 0.1) is 0 Å². The fraction of sp³-hybridized carbons (Fsp3) is 0.111. The molecule has 1 aromatic heterocycles. The molecule has 0 bridgehead atoms. The fourth-order valence-electron chi connectivity index (χ4n) is 2.33. The fourth-order valence-corrected chi connectivity index (χ4v) is 3.22. The Labute approximate surface area is 142 Å². The molecular formula is C18H15NO4S. The van der Waals surface area contributed by atoms with Gasteiger partial charge < -0.3 is 14.8 Å². The van der Waals surface area contributed by atoms with E-state index in [2.05, 4.69) is 5.32 Å². The van der Waals surface area contributed by atoms with Gasteiger partial charge in [0.25, 0.3) is 0 Å². The summed E-state index contributed by atoms with van der Waals surface area (Å²) in [6.07, 6.45) is 0. The molecule has 0 fully saturated rings. The Kier molecular flexibility index (Phi) is 4.57. The number of hydrogen-bond acceptors (Lipinski definition) is 5. The van der Waals surface area contributed by atoms with E-state index in [0.29, 0.717) is 17.0 Å². The van der Waals surface area contributed by atoms with E-state index in [1.165, 1.54) is 13.0 Å². The van der Waals surface area contributed by atoms with Crippen LogP contribution in [0.4, 0.5) is 5.69 Å². The van der Waals surface area contributed by atoms with Crippen LogP contribution in [0.2, 0.25) is 0 Å². The summed E-state index contributed by atoms with van der Waals surface area (Å²) in [5.74, 6) is 0.623. The van der Waals surface area contributed by atoms with Gasteiger partial charge in [-0.25, -0.2) is 4.79 Å². The Morgan fingerprint density at radius 1 is 1.17 bits per heavy atom. The number of anilines is 1. The van der Waals surface area contributed by atoms with Crippen molar-refractivity contribution >= 4 is 34.3 Å². The number of amides is 1. The minimum Gasteiger partial charge on any atom is -0.508 e. The van der Waals surface area contributed by atoms with Crippen molar-refractivity contribution in [2.75, 3.05) is 5.32 Å². The van der Waals surface area contributed by atoms with Crippen LogP contribution in [-0.4, -0.2) is 11.0 Å². The van der Waals surface area contributed by atoms with E-state index < -0.39 is 5.63 Å². The minimum atomic E-state index is -0.427. The van der Waals surface area contributed by atoms with Crippen molar-refractivity contribution in [3.05, 3.63) is 64.5 Å². The molecule has 0 atom stereocenters. The van der Waals surface area contributed by atoms with E-state index in [1.54, 1.807) is 36.0 Å². The highest BCUT2D eigenvalue weighted by Gasteiger charge is 2.08. The summed E-state index contributed by atoms with van der Waals surface area (Å²) in [6.45, 7) is 1.42. The van der Waals surface area contributed by atoms with Crippen LogP contribution in [0.3, 0.4) is 0 Å². The number of carbonyl (C=O) groups is 1. The van der Waals surface area contributed by atoms with Gasteiger partial charge in [0.1, 0.15) is 11.3 Å². The van der Waals surface area contributed by atoms with Gasteiger partial charge in [0, 0.05) is 40.8 Å². The molecule has 2 aromatic carbocycles. The highest BCUT2D eigenvalue weighted by Crippen LogP contribution is 2.28. The van der Waals surface area contributed by atoms with Crippen molar-refractivity contribution in [1.82, 2.24) is 0 Å². The standard InChI is InChI=1S/C18H15NO4S/c1-11(20)19-13-2-7-16-12(8-18(22)23-17(16)9-13)10-24-15-5-3-14(21)4-6-15/h2-9,21H,10H2,1H3,(H,19,20). The zero-order valence-corrected chi connectivity index (χ0v) is 13.7. The Morgan fingerprint density at radius 2 is 1.92 bits per heavy atom. The van der Waals surface area contributed by atoms with Crippen LogP contribution < -0.4 is 10.9 Å². The van der Waals surface area contributed by atoms with E-state index in [9.17, 15) is 14.7 Å². The van der Waals surface area contributed by atoms with Crippen molar-refractivity contribution in [2.24, 2.45) is 0 Å². The molecular weight excluding hydrogens is 326 g/mol. The summed E-state index contributed by atoms with van der Waals surface area (Å²) in [7, 11) is 0. The van der Waals surface area contributed by atoms with Crippen LogP contribution in [0.15, 0.2) is 62.6 Å². The number of thioether (sulfide) groups is 1. The summed E-state index contributed by atoms with van der Waals surface area (Å²) in [6, 6.07) is 13.6. The van der Waals surface area contributed by atoms with Crippen molar-refractivity contribution in [2.45, 2.75) is 17.6 Å². The van der Waals surface area contributed by atoms with E-state index in [-0.39, 0.29) is 11.7 Å². The average Bonchev–Trinajstić information content (AvgIpc) is 2.53. The molecule has 24 heavy (non-hydrogen) atoms. The molecule has 0 saturated heterocycles. The Hall–Kier alpha value is -2.73. The second-order valence-electron chi connectivity index (χ2n) is 5.27. The van der Waals surface area contributed by atoms with Gasteiger partial charge in [-0.15, -0.1) is 11.8 Å². The number of phenols is 1. The molecule has 0 aliphatic carbocycles. The molecule has 3 aromatic rings. The third kappa shape index (κ3) is 3.78. The lowest BCUT2D eigenvalue weighted by molar-refractivity contribution is -0.114. The lowest BCUT2D eigenvalue weighted by atomic mass is 10.1. The van der Waals surface area contributed by atoms with Crippen LogP contribution >= 0.6 is 11.8 Å². The predicted molar refractivity (Wildman–Crippen MR) is 94.5 cm³/mol. The Balaban J connectivity index is 1.90. The number of benzene rings is 2. The maximum Gasteiger partial charge on any atom is 0.336 e. The zero-order valence-electron chi connectivity index (χ0n) is 12.9. The number of nitrogens with one attached hydrogen (secondary N) is 1. The third-order valence-corrected chi connectivity index (χ3v) is 4.44. The second kappa shape index (κ2) is 6.80. The molecule has 0 unspecified atom stereocenters. The molecule has 6 heteroatoms. The highest BCUT2D eigenvalue weighted by molar-refractivity contribution is 7.98. The monoisotopic (exact) mass is 341 g/mol. The summed E-state index contributed by atoms with van der Waals surface area (Å²) >= 11 is 1.56. The smallest absolute Gasteiger partial charge is 0.336 e. The van der Waals surface area contributed by atoms with Crippen LogP contribution in [0.5, 0.6) is 5.75 Å². The van der Waals surface area contributed by atoms with E-state index in [4.69, 9.17) is 4.42 Å². The number of fused-ring (bicyclic) bond motifs is 1. The first-order valence-electron chi connectivity index (χ1n) is 7.27. The molecule has 0 radical (unpaired) electrons. The predicted octanol–water partition coefficient (Wildman–Crippen LogP) is 3.75. The van der Waals surface area contributed by atoms with E-state index in [0.717, 1.165) is 15.8 Å². The van der Waals surface area contributed by atoms with Crippen LogP contribution in [-0.2, 0) is 10.5 Å². The summed E-state index contributed by atoms with van der Waals surface area (Å²) in [5, 5.41) is 12.8. The molecule has 2 N–H and O–H groups in total. The first-order chi connectivity index (χ1) is 11.5. The molecule has 0 spiro atoms. The first kappa shape index (κ1) is 16.1. The van der Waals surface area contributed by atoms with Gasteiger partial charge in [0.2, 0.25) is 5.91 Å². The number of rotatable bonds is 4. The Bertz CT molecular complexity index is 947. The summed E-state index contributed by atoms with van der Waals surface area (Å²) in [5.41, 5.74) is 1.45. The maximum absolute atomic E-state index is 11.8. The molecule has 5 nitrogen and oxygen atoms in total. The summed E-state index contributed by atoms with van der Waals surface area (Å²) < 4.78 is 5.24. The molecule has 122 valence electrons. The zero-order chi connectivity index (χ0) is 17.1. The van der Waals surface area contributed by atoms with Crippen molar-refractivity contribution in [1.29, 1.82) is 0 Å². The van der Waals surface area contributed by atoms with Gasteiger partial charge in [-0.3, -0.25) is 4.79 Å². The van der Waals surface area contributed by atoms with E-state index >= 15 is 0 Å². The summed E-state index contributed by atoms with van der Waals surface area (Å²) in [4.78, 5) is 23.9. The van der Waals surface area contributed by atoms with Crippen LogP contribution in [0.25, 0.3) is 11.0 Å². The van der Waals surface area contributed by atoms with Crippen molar-refractivity contribution in [3.8, 4) is 5.75 Å². The average molecular weight is 341 g/mol. The lowest BCUT2D eigenvalue weighted by Gasteiger charge is -2.08. The topological polar surface area (TPSA) is 79.5 Å². The minimum absolute atomic E-state index is 0.185. The first-order valence-corrected chi connectivity index (χ1v) is 8.26. The van der Waals surface area contributed by atoms with Gasteiger partial charge in [-0.2, -0.15) is 0 Å². The molecule has 0 saturated carbocycles. The quantitative estimate of drug-likeness (QED) is 0.558. The van der Waals surface area contributed by atoms with Crippen molar-refractivity contribution in [3.63, 3.8) is 0 Å². The van der Waals surface area contributed by atoms with Gasteiger partial charge in [0.05, 0.1) is 0 Å².